The molecule has 2 aromatic carbocycles. The number of hydrogen-bond acceptors (Lipinski definition) is 3. The molecule has 1 amide bonds. The van der Waals surface area contributed by atoms with Crippen LogP contribution in [-0.2, 0) is 17.6 Å². The third-order valence-electron chi connectivity index (χ3n) is 3.75. The number of aryl methyl sites for hydroxylation is 1. The third kappa shape index (κ3) is 3.53. The number of carbonyl (C=O) groups is 1. The second-order valence-corrected chi connectivity index (χ2v) is 5.90. The van der Waals surface area contributed by atoms with E-state index in [1.54, 1.807) is 18.2 Å². The summed E-state index contributed by atoms with van der Waals surface area (Å²) in [5, 5.41) is 0.709. The standard InChI is InChI=1S/C18H15ClFN3O2/c1-2-15-21-17-13(4-3-5-14(17)19)18(25)23(15)22-16(24)10-11-6-8-12(20)9-7-11/h3-9H,2,10H2,1H3,(H,22,24). The summed E-state index contributed by atoms with van der Waals surface area (Å²) in [5.41, 5.74) is 3.23. The van der Waals surface area contributed by atoms with Crippen molar-refractivity contribution in [2.24, 2.45) is 0 Å². The quantitative estimate of drug-likeness (QED) is 0.778. The lowest BCUT2D eigenvalue weighted by atomic mass is 10.1. The van der Waals surface area contributed by atoms with Gasteiger partial charge in [0.2, 0.25) is 5.91 Å². The topological polar surface area (TPSA) is 64.0 Å². The summed E-state index contributed by atoms with van der Waals surface area (Å²) in [7, 11) is 0. The number of hydrogen-bond donors (Lipinski definition) is 1. The number of carbonyl (C=O) groups excluding carboxylic acids is 1. The van der Waals surface area contributed by atoms with E-state index >= 15 is 0 Å². The molecular formula is C18H15ClFN3O2. The van der Waals surface area contributed by atoms with Gasteiger partial charge in [-0.05, 0) is 29.8 Å². The van der Waals surface area contributed by atoms with Crippen molar-refractivity contribution in [3.05, 3.63) is 75.0 Å². The zero-order chi connectivity index (χ0) is 18.0. The summed E-state index contributed by atoms with van der Waals surface area (Å²) in [6, 6.07) is 10.5. The van der Waals surface area contributed by atoms with Crippen molar-refractivity contribution < 1.29 is 9.18 Å². The molecule has 1 heterocycles. The fraction of sp³-hybridized carbons (Fsp3) is 0.167. The van der Waals surface area contributed by atoms with Crippen LogP contribution in [0.15, 0.2) is 47.3 Å². The summed E-state index contributed by atoms with van der Waals surface area (Å²) in [6.07, 6.45) is 0.455. The van der Waals surface area contributed by atoms with E-state index in [1.807, 2.05) is 6.92 Å². The number of amides is 1. The Labute approximate surface area is 148 Å². The lowest BCUT2D eigenvalue weighted by molar-refractivity contribution is -0.116. The van der Waals surface area contributed by atoms with Gasteiger partial charge in [-0.25, -0.2) is 14.1 Å². The molecule has 0 radical (unpaired) electrons. The Morgan fingerprint density at radius 3 is 2.64 bits per heavy atom. The fourth-order valence-electron chi connectivity index (χ4n) is 2.52. The van der Waals surface area contributed by atoms with Gasteiger partial charge in [-0.1, -0.05) is 36.7 Å². The van der Waals surface area contributed by atoms with E-state index in [9.17, 15) is 14.0 Å². The van der Waals surface area contributed by atoms with E-state index in [0.29, 0.717) is 33.7 Å². The molecule has 1 aromatic heterocycles. The highest BCUT2D eigenvalue weighted by Gasteiger charge is 2.14. The number of rotatable bonds is 4. The van der Waals surface area contributed by atoms with Gasteiger partial charge in [0.15, 0.2) is 0 Å². The first-order chi connectivity index (χ1) is 12.0. The first-order valence-electron chi connectivity index (χ1n) is 7.74. The molecule has 3 rings (SSSR count). The van der Waals surface area contributed by atoms with Gasteiger partial charge in [0.25, 0.3) is 5.56 Å². The van der Waals surface area contributed by atoms with Gasteiger partial charge in [0.05, 0.1) is 22.3 Å². The molecule has 0 atom stereocenters. The maximum absolute atomic E-state index is 12.9. The van der Waals surface area contributed by atoms with Crippen molar-refractivity contribution in [2.45, 2.75) is 19.8 Å². The molecule has 0 bridgehead atoms. The van der Waals surface area contributed by atoms with Crippen molar-refractivity contribution in [1.82, 2.24) is 9.66 Å². The van der Waals surface area contributed by atoms with Crippen molar-refractivity contribution in [3.63, 3.8) is 0 Å². The average Bonchev–Trinajstić information content (AvgIpc) is 2.60. The summed E-state index contributed by atoms with van der Waals surface area (Å²) in [4.78, 5) is 29.4. The van der Waals surface area contributed by atoms with E-state index < -0.39 is 11.5 Å². The average molecular weight is 360 g/mol. The van der Waals surface area contributed by atoms with Gasteiger partial charge in [-0.2, -0.15) is 0 Å². The van der Waals surface area contributed by atoms with Crippen LogP contribution in [0.25, 0.3) is 10.9 Å². The normalized spacial score (nSPS) is 10.8. The fourth-order valence-corrected chi connectivity index (χ4v) is 2.74. The van der Waals surface area contributed by atoms with Crippen LogP contribution in [0.5, 0.6) is 0 Å². The number of fused-ring (bicyclic) bond motifs is 1. The Hall–Kier alpha value is -2.73. The van der Waals surface area contributed by atoms with E-state index in [4.69, 9.17) is 11.6 Å². The van der Waals surface area contributed by atoms with Gasteiger partial charge in [0.1, 0.15) is 11.6 Å². The highest BCUT2D eigenvalue weighted by molar-refractivity contribution is 6.34. The maximum atomic E-state index is 12.9. The minimum atomic E-state index is -0.397. The molecule has 3 aromatic rings. The second-order valence-electron chi connectivity index (χ2n) is 5.50. The molecule has 0 spiro atoms. The van der Waals surface area contributed by atoms with E-state index in [1.165, 1.54) is 24.3 Å². The number of para-hydroxylation sites is 1. The van der Waals surface area contributed by atoms with Crippen molar-refractivity contribution in [2.75, 3.05) is 5.43 Å². The SMILES string of the molecule is CCc1nc2c(Cl)cccc2c(=O)n1NC(=O)Cc1ccc(F)cc1. The summed E-state index contributed by atoms with van der Waals surface area (Å²) in [6.45, 7) is 1.83. The molecule has 0 aliphatic heterocycles. The molecule has 0 fully saturated rings. The first kappa shape index (κ1) is 17.1. The Kier molecular flexibility index (Phi) is 4.81. The number of halogens is 2. The molecular weight excluding hydrogens is 345 g/mol. The second kappa shape index (κ2) is 7.03. The zero-order valence-corrected chi connectivity index (χ0v) is 14.2. The number of benzene rings is 2. The highest BCUT2D eigenvalue weighted by Crippen LogP contribution is 2.19. The molecule has 0 unspecified atom stereocenters. The third-order valence-corrected chi connectivity index (χ3v) is 4.05. The van der Waals surface area contributed by atoms with Gasteiger partial charge >= 0.3 is 0 Å². The molecule has 0 saturated heterocycles. The molecule has 0 saturated carbocycles. The Morgan fingerprint density at radius 1 is 1.24 bits per heavy atom. The van der Waals surface area contributed by atoms with Crippen LogP contribution in [0.1, 0.15) is 18.3 Å². The van der Waals surface area contributed by atoms with Crippen LogP contribution in [-0.4, -0.2) is 15.6 Å². The van der Waals surface area contributed by atoms with Crippen LogP contribution in [0.2, 0.25) is 5.02 Å². The van der Waals surface area contributed by atoms with E-state index in [-0.39, 0.29) is 12.2 Å². The Bertz CT molecular complexity index is 1000. The van der Waals surface area contributed by atoms with Crippen LogP contribution in [0.3, 0.4) is 0 Å². The predicted molar refractivity (Wildman–Crippen MR) is 94.9 cm³/mol. The first-order valence-corrected chi connectivity index (χ1v) is 8.12. The smallest absolute Gasteiger partial charge is 0.273 e. The molecule has 1 N–H and O–H groups in total. The van der Waals surface area contributed by atoms with Crippen molar-refractivity contribution in [3.8, 4) is 0 Å². The van der Waals surface area contributed by atoms with Crippen LogP contribution in [0, 0.1) is 5.82 Å². The monoisotopic (exact) mass is 359 g/mol. The molecule has 0 aliphatic rings. The van der Waals surface area contributed by atoms with Crippen LogP contribution < -0.4 is 11.0 Å². The molecule has 25 heavy (non-hydrogen) atoms. The zero-order valence-electron chi connectivity index (χ0n) is 13.4. The van der Waals surface area contributed by atoms with E-state index in [2.05, 4.69) is 10.4 Å². The summed E-state index contributed by atoms with van der Waals surface area (Å²) in [5.74, 6) is -0.367. The van der Waals surface area contributed by atoms with Gasteiger partial charge in [0, 0.05) is 6.42 Å². The lowest BCUT2D eigenvalue weighted by Crippen LogP contribution is -2.37. The Morgan fingerprint density at radius 2 is 1.96 bits per heavy atom. The minimum absolute atomic E-state index is 0.0173. The van der Waals surface area contributed by atoms with Crippen molar-refractivity contribution in [1.29, 1.82) is 0 Å². The predicted octanol–water partition coefficient (Wildman–Crippen LogP) is 3.06. The minimum Gasteiger partial charge on any atom is -0.273 e. The van der Waals surface area contributed by atoms with Crippen LogP contribution in [0.4, 0.5) is 4.39 Å². The highest BCUT2D eigenvalue weighted by atomic mass is 35.5. The van der Waals surface area contributed by atoms with E-state index in [0.717, 1.165) is 4.68 Å². The van der Waals surface area contributed by atoms with Gasteiger partial charge < -0.3 is 0 Å². The van der Waals surface area contributed by atoms with Crippen molar-refractivity contribution >= 4 is 28.4 Å². The molecule has 5 nitrogen and oxygen atoms in total. The Balaban J connectivity index is 1.95. The molecule has 0 aliphatic carbocycles. The maximum Gasteiger partial charge on any atom is 0.280 e. The molecule has 128 valence electrons. The van der Waals surface area contributed by atoms with Crippen LogP contribution >= 0.6 is 11.6 Å². The number of nitrogens with one attached hydrogen (secondary N) is 1. The number of nitrogens with zero attached hydrogens (tertiary/aromatic N) is 2. The summed E-state index contributed by atoms with van der Waals surface area (Å²) >= 11 is 6.11. The lowest BCUT2D eigenvalue weighted by Gasteiger charge is -2.14. The largest absolute Gasteiger partial charge is 0.280 e. The van der Waals surface area contributed by atoms with Gasteiger partial charge in [-0.3, -0.25) is 15.0 Å². The number of aromatic nitrogens is 2. The summed E-state index contributed by atoms with van der Waals surface area (Å²) < 4.78 is 14.1. The van der Waals surface area contributed by atoms with Gasteiger partial charge in [-0.15, -0.1) is 0 Å². The molecule has 7 heteroatoms.